The van der Waals surface area contributed by atoms with Crippen molar-refractivity contribution < 1.29 is 4.74 Å². The molecule has 0 aromatic heterocycles. The molecule has 0 saturated carbocycles. The van der Waals surface area contributed by atoms with E-state index in [1.54, 1.807) is 7.11 Å². The van der Waals surface area contributed by atoms with E-state index in [-0.39, 0.29) is 0 Å². The van der Waals surface area contributed by atoms with Gasteiger partial charge in [-0.05, 0) is 55.5 Å². The van der Waals surface area contributed by atoms with Crippen LogP contribution in [0.5, 0.6) is 5.75 Å². The van der Waals surface area contributed by atoms with Gasteiger partial charge in [0.25, 0.3) is 0 Å². The molecule has 20 heavy (non-hydrogen) atoms. The molecule has 1 heterocycles. The van der Waals surface area contributed by atoms with Crippen LogP contribution >= 0.6 is 0 Å². The second-order valence-corrected chi connectivity index (χ2v) is 6.58. The topological polar surface area (TPSA) is 38.5 Å². The summed E-state index contributed by atoms with van der Waals surface area (Å²) in [5.74, 6) is 0.913. The van der Waals surface area contributed by atoms with Crippen LogP contribution in [0.25, 0.3) is 0 Å². The van der Waals surface area contributed by atoms with E-state index >= 15 is 0 Å². The van der Waals surface area contributed by atoms with Crippen molar-refractivity contribution in [3.8, 4) is 5.75 Å². The molecular weight excluding hydrogens is 248 g/mol. The average molecular weight is 276 g/mol. The minimum Gasteiger partial charge on any atom is -0.497 e. The van der Waals surface area contributed by atoms with Gasteiger partial charge in [0.15, 0.2) is 0 Å². The van der Waals surface area contributed by atoms with E-state index in [1.165, 1.54) is 24.8 Å². The van der Waals surface area contributed by atoms with Crippen molar-refractivity contribution in [2.24, 2.45) is 11.1 Å². The zero-order valence-electron chi connectivity index (χ0n) is 13.1. The molecule has 0 aliphatic carbocycles. The predicted molar refractivity (Wildman–Crippen MR) is 84.0 cm³/mol. The SMILES string of the molecule is COc1cccc(C(CN)N2CCCC(C)(C)CC2)c1. The lowest BCUT2D eigenvalue weighted by atomic mass is 9.85. The van der Waals surface area contributed by atoms with Crippen LogP contribution in [0.1, 0.15) is 44.7 Å². The molecule has 0 amide bonds. The van der Waals surface area contributed by atoms with Gasteiger partial charge in [-0.15, -0.1) is 0 Å². The number of ether oxygens (including phenoxy) is 1. The number of likely N-dealkylation sites (tertiary alicyclic amines) is 1. The van der Waals surface area contributed by atoms with Gasteiger partial charge in [-0.3, -0.25) is 4.90 Å². The van der Waals surface area contributed by atoms with Crippen LogP contribution in [0.4, 0.5) is 0 Å². The Bertz CT molecular complexity index is 431. The largest absolute Gasteiger partial charge is 0.497 e. The Hall–Kier alpha value is -1.06. The molecule has 0 spiro atoms. The van der Waals surface area contributed by atoms with E-state index in [1.807, 2.05) is 6.07 Å². The molecule has 1 aliphatic rings. The van der Waals surface area contributed by atoms with Crippen molar-refractivity contribution >= 4 is 0 Å². The molecule has 3 heteroatoms. The monoisotopic (exact) mass is 276 g/mol. The highest BCUT2D eigenvalue weighted by molar-refractivity contribution is 5.30. The number of nitrogens with two attached hydrogens (primary N) is 1. The molecule has 3 nitrogen and oxygen atoms in total. The van der Waals surface area contributed by atoms with Gasteiger partial charge in [0, 0.05) is 12.6 Å². The number of rotatable bonds is 4. The van der Waals surface area contributed by atoms with E-state index in [0.717, 1.165) is 18.8 Å². The van der Waals surface area contributed by atoms with Crippen LogP contribution in [-0.2, 0) is 0 Å². The molecule has 0 bridgehead atoms. The molecule has 2 rings (SSSR count). The fraction of sp³-hybridized carbons (Fsp3) is 0.647. The second kappa shape index (κ2) is 6.59. The summed E-state index contributed by atoms with van der Waals surface area (Å²) < 4.78 is 5.34. The van der Waals surface area contributed by atoms with Gasteiger partial charge >= 0.3 is 0 Å². The number of benzene rings is 1. The first kappa shape index (κ1) is 15.3. The van der Waals surface area contributed by atoms with E-state index in [0.29, 0.717) is 18.0 Å². The van der Waals surface area contributed by atoms with Crippen molar-refractivity contribution in [1.82, 2.24) is 4.90 Å². The normalized spacial score (nSPS) is 21.2. The highest BCUT2D eigenvalue weighted by Crippen LogP contribution is 2.33. The molecule has 1 aromatic rings. The van der Waals surface area contributed by atoms with Crippen LogP contribution < -0.4 is 10.5 Å². The first-order valence-electron chi connectivity index (χ1n) is 7.64. The Labute approximate surface area is 123 Å². The highest BCUT2D eigenvalue weighted by Gasteiger charge is 2.27. The zero-order chi connectivity index (χ0) is 14.6. The third-order valence-electron chi connectivity index (χ3n) is 4.52. The predicted octanol–water partition coefficient (Wildman–Crippen LogP) is 3.21. The molecule has 1 atom stereocenters. The number of hydrogen-bond donors (Lipinski definition) is 1. The van der Waals surface area contributed by atoms with Crippen LogP contribution in [0.2, 0.25) is 0 Å². The van der Waals surface area contributed by atoms with Gasteiger partial charge in [-0.2, -0.15) is 0 Å². The summed E-state index contributed by atoms with van der Waals surface area (Å²) >= 11 is 0. The smallest absolute Gasteiger partial charge is 0.119 e. The number of hydrogen-bond acceptors (Lipinski definition) is 3. The van der Waals surface area contributed by atoms with Crippen molar-refractivity contribution in [3.05, 3.63) is 29.8 Å². The van der Waals surface area contributed by atoms with Crippen molar-refractivity contribution in [1.29, 1.82) is 0 Å². The Morgan fingerprint density at radius 3 is 2.80 bits per heavy atom. The fourth-order valence-electron chi connectivity index (χ4n) is 3.10. The van der Waals surface area contributed by atoms with E-state index in [4.69, 9.17) is 10.5 Å². The first-order valence-corrected chi connectivity index (χ1v) is 7.64. The lowest BCUT2D eigenvalue weighted by Crippen LogP contribution is -2.35. The van der Waals surface area contributed by atoms with Crippen molar-refractivity contribution in [2.75, 3.05) is 26.7 Å². The Kier molecular flexibility index (Phi) is 5.06. The maximum absolute atomic E-state index is 6.06. The third-order valence-corrected chi connectivity index (χ3v) is 4.52. The van der Waals surface area contributed by atoms with Gasteiger partial charge in [0.2, 0.25) is 0 Å². The second-order valence-electron chi connectivity index (χ2n) is 6.58. The molecule has 1 saturated heterocycles. The standard InChI is InChI=1S/C17H28N2O/c1-17(2)8-5-10-19(11-9-17)16(13-18)14-6-4-7-15(12-14)20-3/h4,6-7,12,16H,5,8-11,13,18H2,1-3H3. The first-order chi connectivity index (χ1) is 9.55. The van der Waals surface area contributed by atoms with Crippen molar-refractivity contribution in [2.45, 2.75) is 39.2 Å². The Morgan fingerprint density at radius 1 is 1.30 bits per heavy atom. The van der Waals surface area contributed by atoms with E-state index in [2.05, 4.69) is 36.9 Å². The quantitative estimate of drug-likeness (QED) is 0.917. The Morgan fingerprint density at radius 2 is 2.10 bits per heavy atom. The van der Waals surface area contributed by atoms with Gasteiger partial charge in [0.1, 0.15) is 5.75 Å². The highest BCUT2D eigenvalue weighted by atomic mass is 16.5. The molecule has 1 aliphatic heterocycles. The van der Waals surface area contributed by atoms with Gasteiger partial charge < -0.3 is 10.5 Å². The summed E-state index contributed by atoms with van der Waals surface area (Å²) in [6.07, 6.45) is 3.81. The van der Waals surface area contributed by atoms with Gasteiger partial charge in [-0.1, -0.05) is 26.0 Å². The summed E-state index contributed by atoms with van der Waals surface area (Å²) in [4.78, 5) is 2.55. The van der Waals surface area contributed by atoms with Crippen molar-refractivity contribution in [3.63, 3.8) is 0 Å². The number of methoxy groups -OCH3 is 1. The van der Waals surface area contributed by atoms with Crippen LogP contribution in [0, 0.1) is 5.41 Å². The van der Waals surface area contributed by atoms with Gasteiger partial charge in [-0.25, -0.2) is 0 Å². The fourth-order valence-corrected chi connectivity index (χ4v) is 3.10. The summed E-state index contributed by atoms with van der Waals surface area (Å²) in [5, 5.41) is 0. The maximum atomic E-state index is 6.06. The molecule has 1 unspecified atom stereocenters. The van der Waals surface area contributed by atoms with Crippen LogP contribution in [-0.4, -0.2) is 31.6 Å². The maximum Gasteiger partial charge on any atom is 0.119 e. The molecule has 0 radical (unpaired) electrons. The Balaban J connectivity index is 2.14. The minimum absolute atomic E-state index is 0.305. The van der Waals surface area contributed by atoms with Crippen LogP contribution in [0.3, 0.4) is 0 Å². The molecule has 1 fully saturated rings. The molecule has 112 valence electrons. The van der Waals surface area contributed by atoms with E-state index < -0.39 is 0 Å². The third kappa shape index (κ3) is 3.74. The molecular formula is C17H28N2O. The summed E-state index contributed by atoms with van der Waals surface area (Å²) in [5.41, 5.74) is 7.79. The average Bonchev–Trinajstić information content (AvgIpc) is 2.62. The lowest BCUT2D eigenvalue weighted by molar-refractivity contribution is 0.199. The van der Waals surface area contributed by atoms with E-state index in [9.17, 15) is 0 Å². The molecule has 2 N–H and O–H groups in total. The minimum atomic E-state index is 0.305. The molecule has 1 aromatic carbocycles. The summed E-state index contributed by atoms with van der Waals surface area (Å²) in [6.45, 7) is 7.68. The van der Waals surface area contributed by atoms with Crippen LogP contribution in [0.15, 0.2) is 24.3 Å². The zero-order valence-corrected chi connectivity index (χ0v) is 13.1. The van der Waals surface area contributed by atoms with Gasteiger partial charge in [0.05, 0.1) is 7.11 Å². The summed E-state index contributed by atoms with van der Waals surface area (Å²) in [6, 6.07) is 8.63. The lowest BCUT2D eigenvalue weighted by Gasteiger charge is -2.31. The number of nitrogens with zero attached hydrogens (tertiary/aromatic N) is 1. The summed E-state index contributed by atoms with van der Waals surface area (Å²) in [7, 11) is 1.71.